The van der Waals surface area contributed by atoms with Crippen LogP contribution in [0.2, 0.25) is 0 Å². The van der Waals surface area contributed by atoms with E-state index in [1.165, 1.54) is 12.0 Å². The molecule has 0 unspecified atom stereocenters. The number of methoxy groups -OCH3 is 1. The van der Waals surface area contributed by atoms with E-state index in [9.17, 15) is 9.59 Å². The molecule has 1 amide bonds. The predicted octanol–water partition coefficient (Wildman–Crippen LogP) is -0.0456. The Morgan fingerprint density at radius 3 is 2.86 bits per heavy atom. The van der Waals surface area contributed by atoms with Crippen molar-refractivity contribution in [3.8, 4) is 0 Å². The number of carbonyl (C=O) groups excluding carboxylic acids is 1. The van der Waals surface area contributed by atoms with Gasteiger partial charge in [0.2, 0.25) is 5.91 Å². The van der Waals surface area contributed by atoms with Gasteiger partial charge in [0.15, 0.2) is 0 Å². The molecule has 0 spiro atoms. The van der Waals surface area contributed by atoms with Gasteiger partial charge in [-0.2, -0.15) is 0 Å². The second-order valence-electron chi connectivity index (χ2n) is 3.51. The molecule has 1 saturated heterocycles. The van der Waals surface area contributed by atoms with Crippen LogP contribution >= 0.6 is 0 Å². The minimum Gasteiger partial charge on any atom is -0.481 e. The van der Waals surface area contributed by atoms with Crippen LogP contribution in [0.1, 0.15) is 12.8 Å². The van der Waals surface area contributed by atoms with E-state index in [4.69, 9.17) is 9.84 Å². The van der Waals surface area contributed by atoms with E-state index in [2.05, 4.69) is 0 Å². The molecule has 0 radical (unpaired) electrons. The fourth-order valence-corrected chi connectivity index (χ4v) is 1.79. The maximum absolute atomic E-state index is 11.3. The van der Waals surface area contributed by atoms with Crippen LogP contribution in [0.4, 0.5) is 0 Å². The summed E-state index contributed by atoms with van der Waals surface area (Å²) in [6.07, 6.45) is 0.722. The van der Waals surface area contributed by atoms with E-state index in [0.29, 0.717) is 12.8 Å². The van der Waals surface area contributed by atoms with Crippen molar-refractivity contribution < 1.29 is 19.4 Å². The molecule has 14 heavy (non-hydrogen) atoms. The molecule has 0 aliphatic carbocycles. The van der Waals surface area contributed by atoms with Crippen molar-refractivity contribution in [2.24, 2.45) is 5.92 Å². The lowest BCUT2D eigenvalue weighted by Crippen LogP contribution is -2.51. The lowest BCUT2D eigenvalue weighted by atomic mass is 9.89. The van der Waals surface area contributed by atoms with Crippen molar-refractivity contribution in [2.75, 3.05) is 20.8 Å². The summed E-state index contributed by atoms with van der Waals surface area (Å²) in [4.78, 5) is 23.7. The van der Waals surface area contributed by atoms with Gasteiger partial charge in [0.05, 0.1) is 18.6 Å². The van der Waals surface area contributed by atoms with E-state index >= 15 is 0 Å². The number of ether oxygens (including phenoxy) is 1. The number of carbonyl (C=O) groups is 2. The number of carboxylic acid groups (broad SMARTS) is 1. The molecule has 0 aromatic carbocycles. The number of rotatable bonds is 3. The number of carboxylic acids is 1. The van der Waals surface area contributed by atoms with E-state index in [1.807, 2.05) is 0 Å². The Bertz CT molecular complexity index is 241. The Hall–Kier alpha value is -1.10. The van der Waals surface area contributed by atoms with E-state index in [0.717, 1.165) is 0 Å². The minimum absolute atomic E-state index is 0.00968. The first kappa shape index (κ1) is 11.0. The molecule has 1 rings (SSSR count). The first-order valence-electron chi connectivity index (χ1n) is 4.55. The lowest BCUT2D eigenvalue weighted by Gasteiger charge is -2.36. The fourth-order valence-electron chi connectivity index (χ4n) is 1.79. The maximum atomic E-state index is 11.3. The summed E-state index contributed by atoms with van der Waals surface area (Å²) in [5.74, 6) is -1.37. The van der Waals surface area contributed by atoms with Crippen molar-refractivity contribution in [3.05, 3.63) is 0 Å². The normalized spacial score (nSPS) is 27.9. The quantitative estimate of drug-likeness (QED) is 0.695. The summed E-state index contributed by atoms with van der Waals surface area (Å²) in [7, 11) is 3.13. The fraction of sp³-hybridized carbons (Fsp3) is 0.778. The number of hydrogen-bond donors (Lipinski definition) is 1. The number of nitrogens with zero attached hydrogens (tertiary/aromatic N) is 1. The van der Waals surface area contributed by atoms with Crippen molar-refractivity contribution in [1.29, 1.82) is 0 Å². The molecule has 1 aliphatic rings. The van der Waals surface area contributed by atoms with Crippen LogP contribution in [0.5, 0.6) is 0 Å². The monoisotopic (exact) mass is 201 g/mol. The Kier molecular flexibility index (Phi) is 3.46. The van der Waals surface area contributed by atoms with Gasteiger partial charge in [-0.15, -0.1) is 0 Å². The highest BCUT2D eigenvalue weighted by molar-refractivity contribution is 5.81. The molecule has 1 aliphatic heterocycles. The van der Waals surface area contributed by atoms with Gasteiger partial charge in [0.1, 0.15) is 0 Å². The molecule has 0 aromatic rings. The number of hydrogen-bond acceptors (Lipinski definition) is 3. The molecule has 1 fully saturated rings. The topological polar surface area (TPSA) is 66.8 Å². The van der Waals surface area contributed by atoms with Gasteiger partial charge in [0, 0.05) is 20.6 Å². The third kappa shape index (κ3) is 2.04. The molecule has 2 atom stereocenters. The highest BCUT2D eigenvalue weighted by Crippen LogP contribution is 2.23. The number of piperidine rings is 1. The van der Waals surface area contributed by atoms with Crippen molar-refractivity contribution in [1.82, 2.24) is 4.90 Å². The highest BCUT2D eigenvalue weighted by Gasteiger charge is 2.37. The number of likely N-dealkylation sites (tertiary alicyclic amines) is 1. The van der Waals surface area contributed by atoms with Crippen molar-refractivity contribution in [2.45, 2.75) is 18.9 Å². The largest absolute Gasteiger partial charge is 0.481 e. The summed E-state index contributed by atoms with van der Waals surface area (Å²) in [5, 5.41) is 8.95. The van der Waals surface area contributed by atoms with Crippen LogP contribution in [0.25, 0.3) is 0 Å². The lowest BCUT2D eigenvalue weighted by molar-refractivity contribution is -0.152. The Morgan fingerprint density at radius 2 is 2.36 bits per heavy atom. The second-order valence-corrected chi connectivity index (χ2v) is 3.51. The zero-order chi connectivity index (χ0) is 10.7. The zero-order valence-electron chi connectivity index (χ0n) is 8.40. The Labute approximate surface area is 82.6 Å². The standard InChI is InChI=1S/C9H15NO4/c1-10-7(5-14-2)6(9(12)13)3-4-8(10)11/h6-7H,3-5H2,1-2H3,(H,12,13)/t6-,7-/m1/s1. The van der Waals surface area contributed by atoms with Gasteiger partial charge in [0.25, 0.3) is 0 Å². The minimum atomic E-state index is -0.855. The first-order valence-corrected chi connectivity index (χ1v) is 4.55. The number of aliphatic carboxylic acids is 1. The molecule has 5 nitrogen and oxygen atoms in total. The first-order chi connectivity index (χ1) is 6.57. The summed E-state index contributed by atoms with van der Waals surface area (Å²) in [6.45, 7) is 0.277. The average molecular weight is 201 g/mol. The molecule has 5 heteroatoms. The Morgan fingerprint density at radius 1 is 1.71 bits per heavy atom. The van der Waals surface area contributed by atoms with Gasteiger partial charge in [-0.25, -0.2) is 0 Å². The molecule has 0 saturated carbocycles. The van der Waals surface area contributed by atoms with Crippen LogP contribution < -0.4 is 0 Å². The molecule has 0 bridgehead atoms. The molecule has 0 aromatic heterocycles. The molecular formula is C9H15NO4. The molecular weight excluding hydrogens is 186 g/mol. The van der Waals surface area contributed by atoms with Gasteiger partial charge in [-0.05, 0) is 6.42 Å². The summed E-state index contributed by atoms with van der Waals surface area (Å²) >= 11 is 0. The SMILES string of the molecule is COC[C@@H]1[C@H](C(=O)O)CCC(=O)N1C. The summed E-state index contributed by atoms with van der Waals surface area (Å²) < 4.78 is 4.92. The maximum Gasteiger partial charge on any atom is 0.308 e. The molecule has 1 heterocycles. The average Bonchev–Trinajstić information content (AvgIpc) is 2.13. The third-order valence-electron chi connectivity index (χ3n) is 2.68. The van der Waals surface area contributed by atoms with Crippen LogP contribution in [0.3, 0.4) is 0 Å². The van der Waals surface area contributed by atoms with Crippen molar-refractivity contribution >= 4 is 11.9 Å². The molecule has 1 N–H and O–H groups in total. The van der Waals surface area contributed by atoms with Gasteiger partial charge in [-0.3, -0.25) is 9.59 Å². The van der Waals surface area contributed by atoms with E-state index in [-0.39, 0.29) is 18.6 Å². The van der Waals surface area contributed by atoms with Crippen molar-refractivity contribution in [3.63, 3.8) is 0 Å². The summed E-state index contributed by atoms with van der Waals surface area (Å²) in [5.41, 5.74) is 0. The van der Waals surface area contributed by atoms with E-state index < -0.39 is 11.9 Å². The van der Waals surface area contributed by atoms with Crippen LogP contribution in [0.15, 0.2) is 0 Å². The number of likely N-dealkylation sites (N-methyl/N-ethyl adjacent to an activating group) is 1. The molecule has 80 valence electrons. The third-order valence-corrected chi connectivity index (χ3v) is 2.68. The van der Waals surface area contributed by atoms with Crippen LogP contribution in [-0.4, -0.2) is 48.7 Å². The summed E-state index contributed by atoms with van der Waals surface area (Å²) in [6, 6.07) is -0.334. The zero-order valence-corrected chi connectivity index (χ0v) is 8.40. The van der Waals surface area contributed by atoms with Crippen LogP contribution in [0, 0.1) is 5.92 Å². The van der Waals surface area contributed by atoms with E-state index in [1.54, 1.807) is 7.05 Å². The van der Waals surface area contributed by atoms with Gasteiger partial charge in [-0.1, -0.05) is 0 Å². The Balaban J connectivity index is 2.76. The number of amides is 1. The predicted molar refractivity (Wildman–Crippen MR) is 48.8 cm³/mol. The van der Waals surface area contributed by atoms with Crippen LogP contribution in [-0.2, 0) is 14.3 Å². The highest BCUT2D eigenvalue weighted by atomic mass is 16.5. The van der Waals surface area contributed by atoms with Gasteiger partial charge >= 0.3 is 5.97 Å². The van der Waals surface area contributed by atoms with Gasteiger partial charge < -0.3 is 14.7 Å². The smallest absolute Gasteiger partial charge is 0.308 e. The second kappa shape index (κ2) is 4.41.